The lowest BCUT2D eigenvalue weighted by Gasteiger charge is -2.10. The first kappa shape index (κ1) is 12.8. The van der Waals surface area contributed by atoms with Crippen LogP contribution in [-0.4, -0.2) is 53.8 Å². The number of hydrogen-bond donors (Lipinski definition) is 1. The van der Waals surface area contributed by atoms with E-state index in [-0.39, 0.29) is 12.3 Å². The van der Waals surface area contributed by atoms with Gasteiger partial charge in [-0.3, -0.25) is 0 Å². The quantitative estimate of drug-likeness (QED) is 0.618. The molecule has 0 aromatic heterocycles. The lowest BCUT2D eigenvalue weighted by Crippen LogP contribution is -2.33. The molecule has 0 aromatic rings. The van der Waals surface area contributed by atoms with Gasteiger partial charge in [0.15, 0.2) is 0 Å². The minimum absolute atomic E-state index is 0.0979. The van der Waals surface area contributed by atoms with Crippen molar-refractivity contribution >= 4 is 20.0 Å². The van der Waals surface area contributed by atoms with Crippen LogP contribution in [0.1, 0.15) is 0 Å². The molecule has 13 heavy (non-hydrogen) atoms. The van der Waals surface area contributed by atoms with E-state index in [4.69, 9.17) is 0 Å². The lowest BCUT2D eigenvalue weighted by molar-refractivity contribution is 0.519. The summed E-state index contributed by atoms with van der Waals surface area (Å²) in [6.07, 6.45) is 0.981. The summed E-state index contributed by atoms with van der Waals surface area (Å²) in [6.45, 7) is -0.0979. The third-order valence-electron chi connectivity index (χ3n) is 1.28. The van der Waals surface area contributed by atoms with Gasteiger partial charge < -0.3 is 0 Å². The minimum atomic E-state index is -3.31. The third kappa shape index (κ3) is 5.97. The predicted molar refractivity (Wildman–Crippen MR) is 50.3 cm³/mol. The van der Waals surface area contributed by atoms with E-state index in [0.29, 0.717) is 0 Å². The second-order valence-electron chi connectivity index (χ2n) is 2.76. The molecule has 1 N–H and O–H groups in total. The molecule has 0 aromatic carbocycles. The van der Waals surface area contributed by atoms with Crippen molar-refractivity contribution in [3.8, 4) is 0 Å². The number of nitrogens with zero attached hydrogens (tertiary/aromatic N) is 1. The average Bonchev–Trinajstić information content (AvgIpc) is 1.82. The molecular formula is C5H14N2O4S2. The highest BCUT2D eigenvalue weighted by Gasteiger charge is 2.13. The molecule has 0 unspecified atom stereocenters. The Labute approximate surface area is 79.0 Å². The van der Waals surface area contributed by atoms with Gasteiger partial charge in [-0.15, -0.1) is 0 Å². The van der Waals surface area contributed by atoms with Crippen LogP contribution < -0.4 is 4.72 Å². The lowest BCUT2D eigenvalue weighted by atomic mass is 10.8. The molecule has 0 rings (SSSR count). The first-order chi connectivity index (χ1) is 5.65. The molecule has 0 fully saturated rings. The van der Waals surface area contributed by atoms with E-state index in [1.54, 1.807) is 0 Å². The van der Waals surface area contributed by atoms with Crippen molar-refractivity contribution in [3.05, 3.63) is 0 Å². The van der Waals surface area contributed by atoms with Crippen molar-refractivity contribution in [1.29, 1.82) is 0 Å². The van der Waals surface area contributed by atoms with E-state index in [1.165, 1.54) is 14.1 Å². The van der Waals surface area contributed by atoms with Gasteiger partial charge in [-0.1, -0.05) is 0 Å². The molecule has 0 aliphatic rings. The second-order valence-corrected chi connectivity index (χ2v) is 6.90. The number of hydrogen-bond acceptors (Lipinski definition) is 4. The fourth-order valence-electron chi connectivity index (χ4n) is 0.539. The van der Waals surface area contributed by atoms with Crippen LogP contribution in [0.2, 0.25) is 0 Å². The molecule has 0 bridgehead atoms. The SMILES string of the molecule is CN(C)S(=O)(=O)CCNS(C)(=O)=O. The zero-order chi connectivity index (χ0) is 10.7. The molecule has 0 aliphatic carbocycles. The highest BCUT2D eigenvalue weighted by Crippen LogP contribution is 1.92. The van der Waals surface area contributed by atoms with Crippen molar-refractivity contribution in [2.24, 2.45) is 0 Å². The first-order valence-corrected chi connectivity index (χ1v) is 7.00. The molecule has 8 heteroatoms. The van der Waals surface area contributed by atoms with Crippen molar-refractivity contribution in [3.63, 3.8) is 0 Å². The van der Waals surface area contributed by atoms with E-state index in [2.05, 4.69) is 4.72 Å². The van der Waals surface area contributed by atoms with Gasteiger partial charge in [0.05, 0.1) is 12.0 Å². The number of rotatable bonds is 5. The molecule has 0 aliphatic heterocycles. The average molecular weight is 230 g/mol. The van der Waals surface area contributed by atoms with Crippen LogP contribution in [0, 0.1) is 0 Å². The largest absolute Gasteiger partial charge is 0.214 e. The predicted octanol–water partition coefficient (Wildman–Crippen LogP) is -1.57. The number of nitrogens with one attached hydrogen (secondary N) is 1. The van der Waals surface area contributed by atoms with Crippen molar-refractivity contribution < 1.29 is 16.8 Å². The maximum absolute atomic E-state index is 11.1. The van der Waals surface area contributed by atoms with Gasteiger partial charge in [0.1, 0.15) is 0 Å². The van der Waals surface area contributed by atoms with Gasteiger partial charge in [0, 0.05) is 20.6 Å². The van der Waals surface area contributed by atoms with Crippen LogP contribution in [-0.2, 0) is 20.0 Å². The highest BCUT2D eigenvalue weighted by atomic mass is 32.2. The molecule has 0 spiro atoms. The standard InChI is InChI=1S/C5H14N2O4S2/c1-7(2)13(10,11)5-4-6-12(3,8)9/h6H,4-5H2,1-3H3. The van der Waals surface area contributed by atoms with Crippen molar-refractivity contribution in [2.75, 3.05) is 32.6 Å². The maximum atomic E-state index is 11.1. The topological polar surface area (TPSA) is 83.6 Å². The van der Waals surface area contributed by atoms with Crippen LogP contribution >= 0.6 is 0 Å². The summed E-state index contributed by atoms with van der Waals surface area (Å²) in [5, 5.41) is 0. The summed E-state index contributed by atoms with van der Waals surface area (Å²) in [5.41, 5.74) is 0. The molecule has 0 saturated heterocycles. The van der Waals surface area contributed by atoms with Crippen molar-refractivity contribution in [1.82, 2.24) is 9.03 Å². The minimum Gasteiger partial charge on any atom is -0.214 e. The molecular weight excluding hydrogens is 216 g/mol. The zero-order valence-electron chi connectivity index (χ0n) is 7.81. The summed E-state index contributed by atoms with van der Waals surface area (Å²) in [4.78, 5) is 0. The van der Waals surface area contributed by atoms with Crippen LogP contribution in [0.5, 0.6) is 0 Å². The summed E-state index contributed by atoms with van der Waals surface area (Å²) < 4.78 is 46.5. The van der Waals surface area contributed by atoms with Crippen LogP contribution in [0.15, 0.2) is 0 Å². The molecule has 0 heterocycles. The normalized spacial score (nSPS) is 13.5. The Morgan fingerprint density at radius 1 is 1.15 bits per heavy atom. The van der Waals surface area contributed by atoms with Crippen LogP contribution in [0.25, 0.3) is 0 Å². The fourth-order valence-corrected chi connectivity index (χ4v) is 1.87. The molecule has 0 amide bonds. The Kier molecular flexibility index (Phi) is 4.30. The monoisotopic (exact) mass is 230 g/mol. The van der Waals surface area contributed by atoms with Crippen LogP contribution in [0.3, 0.4) is 0 Å². The van der Waals surface area contributed by atoms with E-state index >= 15 is 0 Å². The zero-order valence-corrected chi connectivity index (χ0v) is 9.44. The Bertz CT molecular complexity index is 343. The summed E-state index contributed by atoms with van der Waals surface area (Å²) in [6, 6.07) is 0. The highest BCUT2D eigenvalue weighted by molar-refractivity contribution is 7.89. The maximum Gasteiger partial charge on any atom is 0.214 e. The smallest absolute Gasteiger partial charge is 0.214 e. The molecule has 0 atom stereocenters. The Hall–Kier alpha value is -0.180. The van der Waals surface area contributed by atoms with Gasteiger partial charge in [-0.2, -0.15) is 0 Å². The molecule has 80 valence electrons. The second kappa shape index (κ2) is 4.36. The molecule has 0 saturated carbocycles. The molecule has 6 nitrogen and oxygen atoms in total. The summed E-state index contributed by atoms with van der Waals surface area (Å²) >= 11 is 0. The van der Waals surface area contributed by atoms with Gasteiger partial charge >= 0.3 is 0 Å². The van der Waals surface area contributed by atoms with Gasteiger partial charge in [0.25, 0.3) is 0 Å². The first-order valence-electron chi connectivity index (χ1n) is 3.50. The van der Waals surface area contributed by atoms with E-state index in [1.807, 2.05) is 0 Å². The Morgan fingerprint density at radius 3 is 1.92 bits per heavy atom. The summed E-state index contributed by atoms with van der Waals surface area (Å²) in [5.74, 6) is -0.229. The van der Waals surface area contributed by atoms with Gasteiger partial charge in [0.2, 0.25) is 20.0 Å². The fraction of sp³-hybridized carbons (Fsp3) is 1.00. The third-order valence-corrected chi connectivity index (χ3v) is 3.84. The van der Waals surface area contributed by atoms with Gasteiger partial charge in [-0.25, -0.2) is 25.9 Å². The van der Waals surface area contributed by atoms with Crippen LogP contribution in [0.4, 0.5) is 0 Å². The summed E-state index contributed by atoms with van der Waals surface area (Å²) in [7, 11) is -3.82. The van der Waals surface area contributed by atoms with E-state index < -0.39 is 20.0 Å². The Balaban J connectivity index is 4.07. The number of sulfonamides is 2. The van der Waals surface area contributed by atoms with Crippen molar-refractivity contribution in [2.45, 2.75) is 0 Å². The Morgan fingerprint density at radius 2 is 1.62 bits per heavy atom. The van der Waals surface area contributed by atoms with Gasteiger partial charge in [-0.05, 0) is 0 Å². The van der Waals surface area contributed by atoms with E-state index in [0.717, 1.165) is 10.6 Å². The van der Waals surface area contributed by atoms with E-state index in [9.17, 15) is 16.8 Å². The molecule has 0 radical (unpaired) electrons.